The average Bonchev–Trinajstić information content (AvgIpc) is 3.14. The van der Waals surface area contributed by atoms with E-state index >= 15 is 0 Å². The number of amides is 2. The molecule has 0 saturated carbocycles. The Morgan fingerprint density at radius 2 is 1.86 bits per heavy atom. The number of benzene rings is 2. The Kier molecular flexibility index (Phi) is 6.49. The summed E-state index contributed by atoms with van der Waals surface area (Å²) in [6, 6.07) is 12.6. The van der Waals surface area contributed by atoms with E-state index in [9.17, 15) is 14.7 Å². The van der Waals surface area contributed by atoms with E-state index in [-0.39, 0.29) is 10.9 Å². The van der Waals surface area contributed by atoms with Gasteiger partial charge in [0, 0.05) is 15.6 Å². The van der Waals surface area contributed by atoms with Crippen molar-refractivity contribution in [3.63, 3.8) is 0 Å². The molecule has 0 aliphatic carbocycles. The number of halogens is 2. The number of phenols is 1. The number of phenolic OH excluding ortho intramolecular Hbond substituents is 1. The van der Waals surface area contributed by atoms with Gasteiger partial charge in [0.15, 0.2) is 0 Å². The van der Waals surface area contributed by atoms with E-state index < -0.39 is 11.8 Å². The minimum Gasteiger partial charge on any atom is -0.506 e. The summed E-state index contributed by atoms with van der Waals surface area (Å²) < 4.78 is 1.16. The number of nitrogens with zero attached hydrogens (tertiary/aromatic N) is 3. The molecule has 1 aromatic heterocycles. The molecule has 3 aromatic rings. The van der Waals surface area contributed by atoms with Crippen LogP contribution in [-0.2, 0) is 9.59 Å². The van der Waals surface area contributed by atoms with Gasteiger partial charge >= 0.3 is 11.8 Å². The lowest BCUT2D eigenvalue weighted by Crippen LogP contribution is -2.32. The maximum atomic E-state index is 12.0. The zero-order chi connectivity index (χ0) is 20.1. The zero-order valence-electron chi connectivity index (χ0n) is 13.9. The van der Waals surface area contributed by atoms with Crippen LogP contribution in [0.1, 0.15) is 5.56 Å². The van der Waals surface area contributed by atoms with Crippen molar-refractivity contribution in [2.75, 3.05) is 5.32 Å². The molecule has 0 unspecified atom stereocenters. The highest BCUT2D eigenvalue weighted by Crippen LogP contribution is 2.30. The third kappa shape index (κ3) is 5.00. The Morgan fingerprint density at radius 1 is 1.11 bits per heavy atom. The van der Waals surface area contributed by atoms with Gasteiger partial charge in [0.1, 0.15) is 10.8 Å². The minimum atomic E-state index is -0.985. The Labute approximate surface area is 180 Å². The molecule has 2 amide bonds. The molecule has 3 N–H and O–H groups in total. The van der Waals surface area contributed by atoms with Gasteiger partial charge < -0.3 is 5.11 Å². The summed E-state index contributed by atoms with van der Waals surface area (Å²) in [5, 5.41) is 24.6. The van der Waals surface area contributed by atoms with Crippen LogP contribution in [-0.4, -0.2) is 33.3 Å². The molecule has 2 aromatic carbocycles. The van der Waals surface area contributed by atoms with Gasteiger partial charge in [-0.1, -0.05) is 57.6 Å². The predicted octanol–water partition coefficient (Wildman–Crippen LogP) is 3.52. The van der Waals surface area contributed by atoms with Crippen LogP contribution >= 0.6 is 43.2 Å². The monoisotopic (exact) mass is 523 g/mol. The number of nitrogens with one attached hydrogen (secondary N) is 2. The highest BCUT2D eigenvalue weighted by molar-refractivity contribution is 9.11. The number of aromatic nitrogens is 2. The van der Waals surface area contributed by atoms with Crippen LogP contribution < -0.4 is 10.7 Å². The van der Waals surface area contributed by atoms with Crippen molar-refractivity contribution in [1.82, 2.24) is 15.6 Å². The fraction of sp³-hybridized carbons (Fsp3) is 0. The fourth-order valence-corrected chi connectivity index (χ4v) is 4.02. The Balaban J connectivity index is 1.60. The lowest BCUT2D eigenvalue weighted by molar-refractivity contribution is -0.136. The second-order valence-electron chi connectivity index (χ2n) is 5.26. The van der Waals surface area contributed by atoms with Crippen molar-refractivity contribution in [1.29, 1.82) is 0 Å². The molecule has 3 rings (SSSR count). The van der Waals surface area contributed by atoms with Gasteiger partial charge in [0.25, 0.3) is 0 Å². The van der Waals surface area contributed by atoms with E-state index in [1.807, 2.05) is 30.3 Å². The molecule has 28 heavy (non-hydrogen) atoms. The molecule has 0 fully saturated rings. The van der Waals surface area contributed by atoms with Crippen LogP contribution in [0.15, 0.2) is 56.5 Å². The van der Waals surface area contributed by atoms with Crippen molar-refractivity contribution >= 4 is 66.4 Å². The number of carbonyl (C=O) groups is 2. The Hall–Kier alpha value is -2.63. The summed E-state index contributed by atoms with van der Waals surface area (Å²) in [5.74, 6) is -1.97. The summed E-state index contributed by atoms with van der Waals surface area (Å²) in [5.41, 5.74) is 3.29. The number of hydrogen-bond donors (Lipinski definition) is 3. The van der Waals surface area contributed by atoms with E-state index in [0.717, 1.165) is 16.9 Å². The Morgan fingerprint density at radius 3 is 2.61 bits per heavy atom. The SMILES string of the molecule is O=C(N/N=C/c1cc(Br)cc(Br)c1O)C(=O)Nc1nnc(-c2ccccc2)s1. The summed E-state index contributed by atoms with van der Waals surface area (Å²) in [6.45, 7) is 0. The van der Waals surface area contributed by atoms with Gasteiger partial charge in [-0.15, -0.1) is 10.2 Å². The molecular formula is C17H11Br2N5O3S. The third-order valence-corrected chi connectivity index (χ3v) is 5.25. The first-order chi connectivity index (χ1) is 13.4. The largest absolute Gasteiger partial charge is 0.506 e. The number of rotatable bonds is 4. The molecule has 0 saturated heterocycles. The first kappa shape index (κ1) is 20.1. The smallest absolute Gasteiger partial charge is 0.329 e. The predicted molar refractivity (Wildman–Crippen MR) is 113 cm³/mol. The van der Waals surface area contributed by atoms with Gasteiger partial charge in [-0.3, -0.25) is 14.9 Å². The number of carbonyl (C=O) groups excluding carboxylic acids is 2. The topological polar surface area (TPSA) is 117 Å². The van der Waals surface area contributed by atoms with Crippen molar-refractivity contribution in [3.8, 4) is 16.3 Å². The standard InChI is InChI=1S/C17H11Br2N5O3S/c18-11-6-10(13(25)12(19)7-11)8-20-22-15(27)14(26)21-17-24-23-16(28-17)9-4-2-1-3-5-9/h1-8,25H,(H,22,27)(H,21,24,26)/b20-8+. The Bertz CT molecular complexity index is 1060. The average molecular weight is 525 g/mol. The van der Waals surface area contributed by atoms with Gasteiger partial charge in [-0.05, 0) is 28.1 Å². The first-order valence-corrected chi connectivity index (χ1v) is 10.1. The first-order valence-electron chi connectivity index (χ1n) is 7.65. The summed E-state index contributed by atoms with van der Waals surface area (Å²) in [4.78, 5) is 23.8. The number of anilines is 1. The van der Waals surface area contributed by atoms with Crippen LogP contribution in [0.5, 0.6) is 5.75 Å². The van der Waals surface area contributed by atoms with Gasteiger partial charge in [0.2, 0.25) is 5.13 Å². The van der Waals surface area contributed by atoms with E-state index in [1.54, 1.807) is 12.1 Å². The lowest BCUT2D eigenvalue weighted by Gasteiger charge is -2.03. The zero-order valence-corrected chi connectivity index (χ0v) is 17.9. The maximum absolute atomic E-state index is 12.0. The number of aromatic hydroxyl groups is 1. The van der Waals surface area contributed by atoms with Gasteiger partial charge in [-0.2, -0.15) is 5.10 Å². The second-order valence-corrected chi connectivity index (χ2v) is 8.00. The van der Waals surface area contributed by atoms with Crippen molar-refractivity contribution in [2.45, 2.75) is 0 Å². The third-order valence-electron chi connectivity index (χ3n) is 3.30. The number of hydrogen-bond acceptors (Lipinski definition) is 7. The molecule has 8 nitrogen and oxygen atoms in total. The van der Waals surface area contributed by atoms with Crippen LogP contribution in [0.2, 0.25) is 0 Å². The van der Waals surface area contributed by atoms with E-state index in [4.69, 9.17) is 0 Å². The molecular weight excluding hydrogens is 514 g/mol. The molecule has 11 heteroatoms. The fourth-order valence-electron chi connectivity index (χ4n) is 2.02. The molecule has 0 atom stereocenters. The molecule has 142 valence electrons. The maximum Gasteiger partial charge on any atom is 0.329 e. The van der Waals surface area contributed by atoms with Crippen LogP contribution in [0.25, 0.3) is 10.6 Å². The summed E-state index contributed by atoms with van der Waals surface area (Å²) >= 11 is 7.61. The van der Waals surface area contributed by atoms with Gasteiger partial charge in [-0.25, -0.2) is 5.43 Å². The van der Waals surface area contributed by atoms with Crippen molar-refractivity contribution < 1.29 is 14.7 Å². The van der Waals surface area contributed by atoms with Crippen LogP contribution in [0, 0.1) is 0 Å². The lowest BCUT2D eigenvalue weighted by atomic mass is 10.2. The van der Waals surface area contributed by atoms with Crippen molar-refractivity contribution in [3.05, 3.63) is 57.0 Å². The molecule has 0 spiro atoms. The van der Waals surface area contributed by atoms with Gasteiger partial charge in [0.05, 0.1) is 10.7 Å². The second kappa shape index (κ2) is 9.04. The quantitative estimate of drug-likeness (QED) is 0.274. The number of hydrazone groups is 1. The van der Waals surface area contributed by atoms with Crippen LogP contribution in [0.4, 0.5) is 5.13 Å². The molecule has 0 aliphatic rings. The van der Waals surface area contributed by atoms with E-state index in [0.29, 0.717) is 19.5 Å². The van der Waals surface area contributed by atoms with E-state index in [1.165, 1.54) is 6.21 Å². The normalized spacial score (nSPS) is 10.8. The minimum absolute atomic E-state index is 0.0482. The summed E-state index contributed by atoms with van der Waals surface area (Å²) in [6.07, 6.45) is 1.22. The molecule has 1 heterocycles. The molecule has 0 bridgehead atoms. The van der Waals surface area contributed by atoms with Crippen LogP contribution in [0.3, 0.4) is 0 Å². The molecule has 0 radical (unpaired) electrons. The summed E-state index contributed by atoms with van der Waals surface area (Å²) in [7, 11) is 0. The highest BCUT2D eigenvalue weighted by Gasteiger charge is 2.16. The highest BCUT2D eigenvalue weighted by atomic mass is 79.9. The van der Waals surface area contributed by atoms with E-state index in [2.05, 4.69) is 57.9 Å². The molecule has 0 aliphatic heterocycles. The van der Waals surface area contributed by atoms with Crippen molar-refractivity contribution in [2.24, 2.45) is 5.10 Å².